The van der Waals surface area contributed by atoms with E-state index in [0.29, 0.717) is 30.9 Å². The molecule has 1 aliphatic heterocycles. The number of hydrogen-bond acceptors (Lipinski definition) is 6. The van der Waals surface area contributed by atoms with Crippen molar-refractivity contribution < 1.29 is 13.6 Å². The Kier molecular flexibility index (Phi) is 3.89. The summed E-state index contributed by atoms with van der Waals surface area (Å²) in [6.45, 7) is 0.951. The van der Waals surface area contributed by atoms with E-state index in [0.717, 1.165) is 0 Å². The second kappa shape index (κ2) is 5.43. The van der Waals surface area contributed by atoms with Gasteiger partial charge in [-0.2, -0.15) is 0 Å². The summed E-state index contributed by atoms with van der Waals surface area (Å²) in [5.41, 5.74) is 6.11. The monoisotopic (exact) mass is 284 g/mol. The van der Waals surface area contributed by atoms with E-state index in [1.165, 1.54) is 0 Å². The predicted octanol–water partition coefficient (Wildman–Crippen LogP) is -0.199. The summed E-state index contributed by atoms with van der Waals surface area (Å²) < 4.78 is 23.2. The van der Waals surface area contributed by atoms with Crippen LogP contribution in [-0.2, 0) is 9.84 Å². The van der Waals surface area contributed by atoms with Crippen molar-refractivity contribution in [3.8, 4) is 0 Å². The Balaban J connectivity index is 2.32. The van der Waals surface area contributed by atoms with Gasteiger partial charge in [0.15, 0.2) is 15.7 Å². The minimum Gasteiger partial charge on any atom is -0.409 e. The summed E-state index contributed by atoms with van der Waals surface area (Å²) in [4.78, 5) is 6.08. The summed E-state index contributed by atoms with van der Waals surface area (Å²) >= 11 is 0. The molecule has 2 rings (SSSR count). The number of hydrogen-bond donors (Lipinski definition) is 2. The molecule has 1 aliphatic rings. The van der Waals surface area contributed by atoms with Crippen LogP contribution in [0.4, 0.5) is 5.82 Å². The van der Waals surface area contributed by atoms with Crippen molar-refractivity contribution in [2.45, 2.75) is 6.42 Å². The van der Waals surface area contributed by atoms with Gasteiger partial charge in [-0.25, -0.2) is 13.4 Å². The van der Waals surface area contributed by atoms with Crippen LogP contribution in [0.25, 0.3) is 0 Å². The average Bonchev–Trinajstić information content (AvgIpc) is 2.59. The van der Waals surface area contributed by atoms with Gasteiger partial charge >= 0.3 is 0 Å². The van der Waals surface area contributed by atoms with E-state index >= 15 is 0 Å². The Morgan fingerprint density at radius 1 is 1.42 bits per heavy atom. The van der Waals surface area contributed by atoms with Crippen LogP contribution >= 0.6 is 0 Å². The second-order valence-corrected chi connectivity index (χ2v) is 6.66. The molecule has 0 aromatic carbocycles. The Hall–Kier alpha value is -1.83. The fourth-order valence-electron chi connectivity index (χ4n) is 2.05. The van der Waals surface area contributed by atoms with Crippen LogP contribution in [0.3, 0.4) is 0 Å². The van der Waals surface area contributed by atoms with Crippen LogP contribution in [0.5, 0.6) is 0 Å². The van der Waals surface area contributed by atoms with Crippen LogP contribution in [0, 0.1) is 0 Å². The average molecular weight is 284 g/mol. The van der Waals surface area contributed by atoms with Crippen molar-refractivity contribution in [1.29, 1.82) is 0 Å². The Bertz CT molecular complexity index is 585. The number of amidine groups is 1. The van der Waals surface area contributed by atoms with Crippen molar-refractivity contribution in [1.82, 2.24) is 4.98 Å². The number of anilines is 1. The molecule has 0 aliphatic carbocycles. The highest BCUT2D eigenvalue weighted by Crippen LogP contribution is 2.19. The molecule has 1 fully saturated rings. The zero-order valence-electron chi connectivity index (χ0n) is 10.4. The number of oxime groups is 1. The molecule has 0 spiro atoms. The van der Waals surface area contributed by atoms with E-state index in [9.17, 15) is 8.42 Å². The van der Waals surface area contributed by atoms with Crippen LogP contribution in [0.1, 0.15) is 12.0 Å². The SMILES string of the molecule is N/C(=N/O)c1cccnc1N1CCCS(=O)(=O)CC1. The molecule has 1 aromatic rings. The molecule has 19 heavy (non-hydrogen) atoms. The van der Waals surface area contributed by atoms with Gasteiger partial charge in [0.2, 0.25) is 0 Å². The van der Waals surface area contributed by atoms with Crippen LogP contribution in [0.2, 0.25) is 0 Å². The maximum atomic E-state index is 11.6. The summed E-state index contributed by atoms with van der Waals surface area (Å²) in [6, 6.07) is 3.38. The van der Waals surface area contributed by atoms with Gasteiger partial charge in [0, 0.05) is 19.3 Å². The third-order valence-corrected chi connectivity index (χ3v) is 4.74. The number of sulfone groups is 1. The lowest BCUT2D eigenvalue weighted by atomic mass is 10.2. The highest BCUT2D eigenvalue weighted by Gasteiger charge is 2.22. The first-order chi connectivity index (χ1) is 9.03. The lowest BCUT2D eigenvalue weighted by Gasteiger charge is -2.22. The molecular weight excluding hydrogens is 268 g/mol. The van der Waals surface area contributed by atoms with Crippen molar-refractivity contribution in [3.05, 3.63) is 23.9 Å². The molecule has 104 valence electrons. The largest absolute Gasteiger partial charge is 0.409 e. The van der Waals surface area contributed by atoms with Gasteiger partial charge in [-0.15, -0.1) is 0 Å². The fraction of sp³-hybridized carbons (Fsp3) is 0.455. The van der Waals surface area contributed by atoms with E-state index in [-0.39, 0.29) is 17.3 Å². The molecule has 2 heterocycles. The Morgan fingerprint density at radius 3 is 2.95 bits per heavy atom. The topological polar surface area (TPSA) is 109 Å². The minimum atomic E-state index is -2.98. The lowest BCUT2D eigenvalue weighted by molar-refractivity contribution is 0.318. The van der Waals surface area contributed by atoms with Gasteiger partial charge < -0.3 is 15.8 Å². The molecule has 7 nitrogen and oxygen atoms in total. The zero-order chi connectivity index (χ0) is 13.9. The minimum absolute atomic E-state index is 0.0322. The molecular formula is C11H16N4O3S. The summed E-state index contributed by atoms with van der Waals surface area (Å²) in [7, 11) is -2.98. The van der Waals surface area contributed by atoms with Gasteiger partial charge in [-0.3, -0.25) is 0 Å². The third-order valence-electron chi connectivity index (χ3n) is 3.03. The quantitative estimate of drug-likeness (QED) is 0.337. The van der Waals surface area contributed by atoms with Crippen LogP contribution in [0.15, 0.2) is 23.5 Å². The van der Waals surface area contributed by atoms with Gasteiger partial charge in [-0.1, -0.05) is 5.16 Å². The summed E-state index contributed by atoms with van der Waals surface area (Å²) in [5, 5.41) is 11.7. The maximum absolute atomic E-state index is 11.6. The molecule has 3 N–H and O–H groups in total. The van der Waals surface area contributed by atoms with Gasteiger partial charge in [0.25, 0.3) is 0 Å². The molecule has 0 radical (unpaired) electrons. The van der Waals surface area contributed by atoms with E-state index in [2.05, 4.69) is 10.1 Å². The lowest BCUT2D eigenvalue weighted by Crippen LogP contribution is -2.30. The number of aromatic nitrogens is 1. The molecule has 1 saturated heterocycles. The molecule has 0 unspecified atom stereocenters. The molecule has 0 bridgehead atoms. The first-order valence-corrected chi connectivity index (χ1v) is 7.74. The molecule has 0 atom stereocenters. The number of nitrogens with two attached hydrogens (primary N) is 1. The van der Waals surface area contributed by atoms with Crippen LogP contribution in [-0.4, -0.2) is 49.0 Å². The Morgan fingerprint density at radius 2 is 2.21 bits per heavy atom. The van der Waals surface area contributed by atoms with Crippen molar-refractivity contribution in [2.24, 2.45) is 10.9 Å². The van der Waals surface area contributed by atoms with Crippen molar-refractivity contribution >= 4 is 21.5 Å². The normalized spacial score (nSPS) is 20.0. The fourth-order valence-corrected chi connectivity index (χ4v) is 3.32. The Labute approximate surface area is 111 Å². The molecule has 8 heteroatoms. The van der Waals surface area contributed by atoms with E-state index in [4.69, 9.17) is 10.9 Å². The summed E-state index contributed by atoms with van der Waals surface area (Å²) in [5.74, 6) is 0.805. The van der Waals surface area contributed by atoms with E-state index in [1.54, 1.807) is 18.3 Å². The van der Waals surface area contributed by atoms with Crippen molar-refractivity contribution in [3.63, 3.8) is 0 Å². The first kappa shape index (κ1) is 13.6. The van der Waals surface area contributed by atoms with Crippen molar-refractivity contribution in [2.75, 3.05) is 29.5 Å². The first-order valence-electron chi connectivity index (χ1n) is 5.92. The van der Waals surface area contributed by atoms with E-state index < -0.39 is 9.84 Å². The predicted molar refractivity (Wildman–Crippen MR) is 72.2 cm³/mol. The third kappa shape index (κ3) is 3.14. The number of pyridine rings is 1. The zero-order valence-corrected chi connectivity index (χ0v) is 11.2. The highest BCUT2D eigenvalue weighted by atomic mass is 32.2. The number of nitrogens with zero attached hydrogens (tertiary/aromatic N) is 3. The van der Waals surface area contributed by atoms with Gasteiger partial charge in [0.05, 0.1) is 17.1 Å². The molecule has 0 saturated carbocycles. The molecule has 0 amide bonds. The standard InChI is InChI=1S/C11H16N4O3S/c12-10(14-16)9-3-1-4-13-11(9)15-5-2-7-19(17,18)8-6-15/h1,3-4,16H,2,5-8H2,(H2,12,14). The highest BCUT2D eigenvalue weighted by molar-refractivity contribution is 7.91. The molecule has 1 aromatic heterocycles. The van der Waals surface area contributed by atoms with Gasteiger partial charge in [-0.05, 0) is 18.6 Å². The van der Waals surface area contributed by atoms with E-state index in [1.807, 2.05) is 4.90 Å². The van der Waals surface area contributed by atoms with Gasteiger partial charge in [0.1, 0.15) is 5.82 Å². The smallest absolute Gasteiger partial charge is 0.173 e. The second-order valence-electron chi connectivity index (χ2n) is 4.35. The number of rotatable bonds is 2. The summed E-state index contributed by atoms with van der Waals surface area (Å²) in [6.07, 6.45) is 2.15. The maximum Gasteiger partial charge on any atom is 0.173 e. The van der Waals surface area contributed by atoms with Crippen LogP contribution < -0.4 is 10.6 Å².